The lowest BCUT2D eigenvalue weighted by Gasteiger charge is -2.44. The lowest BCUT2D eigenvalue weighted by Crippen LogP contribution is -2.52. The van der Waals surface area contributed by atoms with E-state index in [9.17, 15) is 19.5 Å². The van der Waals surface area contributed by atoms with E-state index < -0.39 is 0 Å². The topological polar surface area (TPSA) is 131 Å². The molecule has 306 valence electrons. The minimum absolute atomic E-state index is 0.0593. The second-order valence-electron chi connectivity index (χ2n) is 16.7. The Hall–Kier alpha value is -5.29. The van der Waals surface area contributed by atoms with Crippen molar-refractivity contribution >= 4 is 29.1 Å². The van der Waals surface area contributed by atoms with Gasteiger partial charge >= 0.3 is 0 Å². The van der Waals surface area contributed by atoms with Crippen LogP contribution in [-0.4, -0.2) is 90.3 Å². The minimum Gasteiger partial charge on any atom is -0.507 e. The Bertz CT molecular complexity index is 1950. The number of para-hydroxylation sites is 2. The van der Waals surface area contributed by atoms with Gasteiger partial charge in [0.25, 0.3) is 0 Å². The average Bonchev–Trinajstić information content (AvgIpc) is 3.26. The number of anilines is 2. The van der Waals surface area contributed by atoms with Gasteiger partial charge in [0.2, 0.25) is 17.7 Å². The van der Waals surface area contributed by atoms with Gasteiger partial charge in [-0.1, -0.05) is 67.6 Å². The van der Waals surface area contributed by atoms with Crippen LogP contribution < -0.4 is 20.4 Å². The molecule has 0 spiro atoms. The molecule has 4 aliphatic heterocycles. The van der Waals surface area contributed by atoms with Crippen molar-refractivity contribution in [1.29, 1.82) is 0 Å². The highest BCUT2D eigenvalue weighted by atomic mass is 16.3. The summed E-state index contributed by atoms with van der Waals surface area (Å²) in [6.07, 6.45) is 10.1. The van der Waals surface area contributed by atoms with Crippen LogP contribution in [0.1, 0.15) is 70.3 Å². The van der Waals surface area contributed by atoms with E-state index in [1.807, 2.05) is 30.5 Å². The van der Waals surface area contributed by atoms with Crippen LogP contribution in [0, 0.1) is 17.8 Å². The fourth-order valence-electron chi connectivity index (χ4n) is 9.29. The van der Waals surface area contributed by atoms with Crippen LogP contribution in [0.4, 0.5) is 11.4 Å². The number of hydrogen-bond donors (Lipinski definition) is 3. The highest BCUT2D eigenvalue weighted by Gasteiger charge is 2.39. The van der Waals surface area contributed by atoms with Crippen molar-refractivity contribution in [3.8, 4) is 17.0 Å². The summed E-state index contributed by atoms with van der Waals surface area (Å²) in [6.45, 7) is 10.1. The number of piperidine rings is 4. The van der Waals surface area contributed by atoms with Crippen LogP contribution in [0.2, 0.25) is 0 Å². The first kappa shape index (κ1) is 40.9. The van der Waals surface area contributed by atoms with E-state index in [1.54, 1.807) is 6.07 Å². The number of nitrogens with one attached hydrogen (secondary N) is 2. The molecule has 3 aromatic carbocycles. The number of hydrogen-bond acceptors (Lipinski definition) is 9. The van der Waals surface area contributed by atoms with E-state index >= 15 is 0 Å². The normalized spacial score (nSPS) is 21.4. The highest BCUT2D eigenvalue weighted by Crippen LogP contribution is 2.38. The van der Waals surface area contributed by atoms with Gasteiger partial charge in [0.15, 0.2) is 0 Å². The number of benzene rings is 3. The molecule has 5 heterocycles. The molecule has 3 N–H and O–H groups in total. The maximum Gasteiger partial charge on any atom is 0.226 e. The number of likely N-dealkylation sites (tertiary alicyclic amines) is 1. The number of phenolic OH excluding ortho intramolecular Hbond substituents is 1. The molecule has 3 amide bonds. The summed E-state index contributed by atoms with van der Waals surface area (Å²) in [5, 5.41) is 24.6. The third-order valence-electron chi connectivity index (χ3n) is 12.9. The zero-order chi connectivity index (χ0) is 40.3. The van der Waals surface area contributed by atoms with Gasteiger partial charge in [0, 0.05) is 74.7 Å². The molecule has 8 rings (SSSR count). The monoisotopic (exact) mass is 785 g/mol. The van der Waals surface area contributed by atoms with E-state index in [4.69, 9.17) is 0 Å². The smallest absolute Gasteiger partial charge is 0.226 e. The molecule has 0 radical (unpaired) electrons. The molecule has 11 nitrogen and oxygen atoms in total. The molecule has 4 aromatic rings. The number of aromatic hydroxyl groups is 1. The Balaban J connectivity index is 0.000000573. The molecule has 4 saturated heterocycles. The molecular formula is C47H59N7O4. The Morgan fingerprint density at radius 2 is 1.48 bits per heavy atom. The number of imide groups is 1. The summed E-state index contributed by atoms with van der Waals surface area (Å²) in [5.74, 6) is 1.34. The van der Waals surface area contributed by atoms with E-state index in [0.717, 1.165) is 76.7 Å². The predicted octanol–water partition coefficient (Wildman–Crippen LogP) is 6.58. The SMILES string of the molecule is CC1CN(CCC2CCN(c3ccccc3)CC2)CCC1C(=O)NCC1(c2ccccc2)CCN(c2cnnc(-c3ccccc3O)c2)CC1.O=C1CCCC(=O)N1. The molecule has 0 bridgehead atoms. The summed E-state index contributed by atoms with van der Waals surface area (Å²) in [5.41, 5.74) is 4.86. The number of carbonyl (C=O) groups is 3. The fourth-order valence-corrected chi connectivity index (χ4v) is 9.29. The van der Waals surface area contributed by atoms with Crippen molar-refractivity contribution in [2.24, 2.45) is 17.8 Å². The van der Waals surface area contributed by atoms with Gasteiger partial charge in [-0.3, -0.25) is 19.7 Å². The Labute approximate surface area is 343 Å². The summed E-state index contributed by atoms with van der Waals surface area (Å²) < 4.78 is 0. The molecule has 4 aliphatic rings. The summed E-state index contributed by atoms with van der Waals surface area (Å²) in [4.78, 5) is 42.0. The van der Waals surface area contributed by atoms with E-state index in [0.29, 0.717) is 43.0 Å². The van der Waals surface area contributed by atoms with Crippen molar-refractivity contribution in [2.75, 3.05) is 62.2 Å². The summed E-state index contributed by atoms with van der Waals surface area (Å²) in [6, 6.07) is 30.8. The first-order valence-electron chi connectivity index (χ1n) is 21.3. The van der Waals surface area contributed by atoms with Crippen LogP contribution in [0.5, 0.6) is 5.75 Å². The predicted molar refractivity (Wildman–Crippen MR) is 228 cm³/mol. The number of rotatable bonds is 10. The van der Waals surface area contributed by atoms with Gasteiger partial charge in [-0.15, -0.1) is 0 Å². The molecule has 2 unspecified atom stereocenters. The molecule has 1 aromatic heterocycles. The Morgan fingerprint density at radius 1 is 0.828 bits per heavy atom. The van der Waals surface area contributed by atoms with E-state index in [2.05, 4.69) is 103 Å². The van der Waals surface area contributed by atoms with Crippen molar-refractivity contribution in [3.05, 3.63) is 103 Å². The van der Waals surface area contributed by atoms with Crippen molar-refractivity contribution in [1.82, 2.24) is 25.7 Å². The zero-order valence-corrected chi connectivity index (χ0v) is 33.9. The molecule has 4 fully saturated rings. The standard InChI is InChI=1S/C42H52N6O2.C5H7NO2/c1-32-30-46(22-16-33-17-24-47(25-18-33)35-12-6-3-7-13-35)23-19-37(32)41(50)43-31-42(34-10-4-2-5-11-34)20-26-48(27-21-42)36-28-39(45-44-29-36)38-14-8-9-15-40(38)49;7-4-2-1-3-5(8)6-4/h2-15,28-29,32-33,37,49H,16-27,30-31H2,1H3,(H,43,50);1-3H2,(H,6,7,8). The minimum atomic E-state index is -0.138. The summed E-state index contributed by atoms with van der Waals surface area (Å²) >= 11 is 0. The average molecular weight is 786 g/mol. The molecule has 11 heteroatoms. The Kier molecular flexibility index (Phi) is 13.7. The van der Waals surface area contributed by atoms with Gasteiger partial charge in [-0.25, -0.2) is 0 Å². The van der Waals surface area contributed by atoms with Gasteiger partial charge in [0.05, 0.1) is 17.6 Å². The molecule has 0 saturated carbocycles. The maximum absolute atomic E-state index is 13.8. The molecule has 2 atom stereocenters. The number of carbonyl (C=O) groups excluding carboxylic acids is 3. The molecule has 0 aliphatic carbocycles. The van der Waals surface area contributed by atoms with E-state index in [1.165, 1.54) is 30.5 Å². The van der Waals surface area contributed by atoms with Gasteiger partial charge < -0.3 is 25.1 Å². The number of nitrogens with zero attached hydrogens (tertiary/aromatic N) is 5. The first-order chi connectivity index (χ1) is 28.3. The number of amides is 3. The number of aromatic nitrogens is 2. The largest absolute Gasteiger partial charge is 0.507 e. The van der Waals surface area contributed by atoms with Gasteiger partial charge in [0.1, 0.15) is 5.75 Å². The highest BCUT2D eigenvalue weighted by molar-refractivity contribution is 5.97. The van der Waals surface area contributed by atoms with E-state index in [-0.39, 0.29) is 34.8 Å². The summed E-state index contributed by atoms with van der Waals surface area (Å²) in [7, 11) is 0. The van der Waals surface area contributed by atoms with Gasteiger partial charge in [-0.2, -0.15) is 10.2 Å². The van der Waals surface area contributed by atoms with Crippen LogP contribution in [0.25, 0.3) is 11.3 Å². The third kappa shape index (κ3) is 10.4. The Morgan fingerprint density at radius 3 is 2.14 bits per heavy atom. The quantitative estimate of drug-likeness (QED) is 0.153. The van der Waals surface area contributed by atoms with Crippen LogP contribution in [-0.2, 0) is 19.8 Å². The van der Waals surface area contributed by atoms with Crippen molar-refractivity contribution in [3.63, 3.8) is 0 Å². The van der Waals surface area contributed by atoms with Crippen LogP contribution in [0.15, 0.2) is 97.2 Å². The van der Waals surface area contributed by atoms with Crippen molar-refractivity contribution in [2.45, 2.75) is 70.1 Å². The third-order valence-corrected chi connectivity index (χ3v) is 12.9. The fraction of sp³-hybridized carbons (Fsp3) is 0.468. The second-order valence-corrected chi connectivity index (χ2v) is 16.7. The number of phenols is 1. The van der Waals surface area contributed by atoms with Crippen LogP contribution in [0.3, 0.4) is 0 Å². The van der Waals surface area contributed by atoms with Gasteiger partial charge in [-0.05, 0) is 106 Å². The van der Waals surface area contributed by atoms with Crippen molar-refractivity contribution < 1.29 is 19.5 Å². The first-order valence-corrected chi connectivity index (χ1v) is 21.3. The lowest BCUT2D eigenvalue weighted by molar-refractivity contribution is -0.133. The van der Waals surface area contributed by atoms with Crippen LogP contribution >= 0.6 is 0 Å². The molecular weight excluding hydrogens is 727 g/mol. The zero-order valence-electron chi connectivity index (χ0n) is 33.9. The maximum atomic E-state index is 13.8. The lowest BCUT2D eigenvalue weighted by atomic mass is 9.72. The molecule has 58 heavy (non-hydrogen) atoms. The second kappa shape index (κ2) is 19.4.